The largest absolute Gasteiger partial charge is 0.462 e. The molecule has 0 fully saturated rings. The molecule has 0 radical (unpaired) electrons. The Hall–Kier alpha value is -0.320. The molecule has 5 heteroatoms. The molecule has 0 amide bonds. The molecule has 1 atom stereocenters. The number of alkyl halides is 2. The first-order valence-electron chi connectivity index (χ1n) is 5.42. The van der Waals surface area contributed by atoms with E-state index in [-0.39, 0.29) is 23.7 Å². The van der Waals surface area contributed by atoms with Gasteiger partial charge in [-0.2, -0.15) is 0 Å². The van der Waals surface area contributed by atoms with Crippen molar-refractivity contribution in [3.8, 4) is 0 Å². The molecule has 16 heavy (non-hydrogen) atoms. The fourth-order valence-electron chi connectivity index (χ4n) is 1.04. The number of thioether (sulfide) groups is 1. The molecular formula is C11H20F2O2S. The first-order chi connectivity index (χ1) is 7.22. The maximum absolute atomic E-state index is 12.5. The molecule has 2 nitrogen and oxygen atoms in total. The van der Waals surface area contributed by atoms with Gasteiger partial charge in [-0.25, -0.2) is 8.78 Å². The molecule has 0 aromatic carbocycles. The topological polar surface area (TPSA) is 26.3 Å². The van der Waals surface area contributed by atoms with Crippen LogP contribution in [-0.2, 0) is 9.53 Å². The molecule has 1 unspecified atom stereocenters. The minimum absolute atomic E-state index is 0.129. The van der Waals surface area contributed by atoms with Crippen molar-refractivity contribution in [3.05, 3.63) is 0 Å². The summed E-state index contributed by atoms with van der Waals surface area (Å²) in [4.78, 5) is 11.4. The minimum Gasteiger partial charge on any atom is -0.462 e. The van der Waals surface area contributed by atoms with Crippen LogP contribution < -0.4 is 0 Å². The van der Waals surface area contributed by atoms with Crippen molar-refractivity contribution < 1.29 is 18.3 Å². The van der Waals surface area contributed by atoms with Crippen molar-refractivity contribution in [1.29, 1.82) is 0 Å². The highest BCUT2D eigenvalue weighted by molar-refractivity contribution is 8.00. The smallest absolute Gasteiger partial charge is 0.319 e. The summed E-state index contributed by atoms with van der Waals surface area (Å²) in [6.45, 7) is 6.22. The van der Waals surface area contributed by atoms with E-state index in [4.69, 9.17) is 4.74 Å². The lowest BCUT2D eigenvalue weighted by Crippen LogP contribution is -2.21. The molecule has 0 saturated heterocycles. The lowest BCUT2D eigenvalue weighted by molar-refractivity contribution is -0.146. The van der Waals surface area contributed by atoms with Crippen LogP contribution in [0.15, 0.2) is 0 Å². The molecule has 96 valence electrons. The van der Waals surface area contributed by atoms with Crippen LogP contribution in [-0.4, -0.2) is 29.0 Å². The Morgan fingerprint density at radius 3 is 2.38 bits per heavy atom. The predicted molar refractivity (Wildman–Crippen MR) is 63.0 cm³/mol. The van der Waals surface area contributed by atoms with Gasteiger partial charge in [0.2, 0.25) is 5.92 Å². The summed E-state index contributed by atoms with van der Waals surface area (Å²) in [5.41, 5.74) is 0. The van der Waals surface area contributed by atoms with Crippen LogP contribution in [0, 0.1) is 0 Å². The Morgan fingerprint density at radius 2 is 1.94 bits per heavy atom. The monoisotopic (exact) mass is 254 g/mol. The van der Waals surface area contributed by atoms with E-state index in [0.717, 1.165) is 6.92 Å². The standard InChI is InChI=1S/C11H20F2O2S/c1-8(2)15-10(14)9(3)16-7-5-6-11(4,12)13/h8-9H,5-7H2,1-4H3. The summed E-state index contributed by atoms with van der Waals surface area (Å²) in [5.74, 6) is -2.33. The van der Waals surface area contributed by atoms with Crippen molar-refractivity contribution >= 4 is 17.7 Å². The van der Waals surface area contributed by atoms with Crippen molar-refractivity contribution in [2.45, 2.75) is 57.8 Å². The highest BCUT2D eigenvalue weighted by atomic mass is 32.2. The molecule has 0 spiro atoms. The van der Waals surface area contributed by atoms with Crippen LogP contribution in [0.3, 0.4) is 0 Å². The molecule has 0 aromatic heterocycles. The van der Waals surface area contributed by atoms with E-state index in [1.165, 1.54) is 11.8 Å². The van der Waals surface area contributed by atoms with Crippen LogP contribution in [0.1, 0.15) is 40.5 Å². The molecular weight excluding hydrogens is 234 g/mol. The Morgan fingerprint density at radius 1 is 1.38 bits per heavy atom. The summed E-state index contributed by atoms with van der Waals surface area (Å²) in [6.07, 6.45) is 0.148. The number of esters is 1. The van der Waals surface area contributed by atoms with Gasteiger partial charge in [0.15, 0.2) is 0 Å². The number of rotatable bonds is 7. The molecule has 0 aliphatic heterocycles. The van der Waals surface area contributed by atoms with Gasteiger partial charge >= 0.3 is 5.97 Å². The molecule has 0 aliphatic rings. The highest BCUT2D eigenvalue weighted by Gasteiger charge is 2.21. The number of carbonyl (C=O) groups excluding carboxylic acids is 1. The Kier molecular flexibility index (Phi) is 6.95. The van der Waals surface area contributed by atoms with E-state index < -0.39 is 5.92 Å². The third kappa shape index (κ3) is 8.95. The molecule has 0 bridgehead atoms. The number of hydrogen-bond acceptors (Lipinski definition) is 3. The van der Waals surface area contributed by atoms with E-state index in [9.17, 15) is 13.6 Å². The Bertz CT molecular complexity index is 215. The fraction of sp³-hybridized carbons (Fsp3) is 0.909. The van der Waals surface area contributed by atoms with Crippen LogP contribution in [0.5, 0.6) is 0 Å². The van der Waals surface area contributed by atoms with E-state index in [1.54, 1.807) is 20.8 Å². The normalized spacial score (nSPS) is 13.9. The summed E-state index contributed by atoms with van der Waals surface area (Å²) < 4.78 is 30.0. The van der Waals surface area contributed by atoms with Gasteiger partial charge in [-0.15, -0.1) is 11.8 Å². The van der Waals surface area contributed by atoms with E-state index in [2.05, 4.69) is 0 Å². The predicted octanol–water partition coefficient (Wildman–Crippen LogP) is 3.50. The lowest BCUT2D eigenvalue weighted by atomic mass is 10.2. The lowest BCUT2D eigenvalue weighted by Gasteiger charge is -2.14. The molecule has 0 saturated carbocycles. The first kappa shape index (κ1) is 15.7. The van der Waals surface area contributed by atoms with Crippen molar-refractivity contribution in [3.63, 3.8) is 0 Å². The Labute approximate surface area is 100 Å². The molecule has 0 aromatic rings. The van der Waals surface area contributed by atoms with Gasteiger partial charge in [-0.3, -0.25) is 4.79 Å². The maximum atomic E-state index is 12.5. The van der Waals surface area contributed by atoms with Gasteiger partial charge in [0.05, 0.1) is 11.4 Å². The van der Waals surface area contributed by atoms with E-state index in [1.807, 2.05) is 0 Å². The molecule has 0 N–H and O–H groups in total. The number of halogens is 2. The van der Waals surface area contributed by atoms with Crippen molar-refractivity contribution in [1.82, 2.24) is 0 Å². The summed E-state index contributed by atoms with van der Waals surface area (Å²) >= 11 is 1.36. The fourth-order valence-corrected chi connectivity index (χ4v) is 1.90. The first-order valence-corrected chi connectivity index (χ1v) is 6.47. The number of ether oxygens (including phenoxy) is 1. The van der Waals surface area contributed by atoms with Crippen molar-refractivity contribution in [2.24, 2.45) is 0 Å². The van der Waals surface area contributed by atoms with Crippen molar-refractivity contribution in [2.75, 3.05) is 5.75 Å². The van der Waals surface area contributed by atoms with E-state index in [0.29, 0.717) is 12.2 Å². The van der Waals surface area contributed by atoms with Gasteiger partial charge < -0.3 is 4.74 Å². The second kappa shape index (κ2) is 7.09. The van der Waals surface area contributed by atoms with Crippen LogP contribution in [0.4, 0.5) is 8.78 Å². The third-order valence-electron chi connectivity index (χ3n) is 1.81. The zero-order chi connectivity index (χ0) is 12.8. The number of carbonyl (C=O) groups is 1. The Balaban J connectivity index is 3.65. The second-order valence-electron chi connectivity index (χ2n) is 4.17. The minimum atomic E-state index is -2.61. The number of hydrogen-bond donors (Lipinski definition) is 0. The van der Waals surface area contributed by atoms with Gasteiger partial charge in [-0.05, 0) is 39.9 Å². The summed E-state index contributed by atoms with van der Waals surface area (Å²) in [7, 11) is 0. The van der Waals surface area contributed by atoms with Gasteiger partial charge in [-0.1, -0.05) is 0 Å². The van der Waals surface area contributed by atoms with E-state index >= 15 is 0 Å². The third-order valence-corrected chi connectivity index (χ3v) is 3.03. The zero-order valence-corrected chi connectivity index (χ0v) is 11.1. The summed E-state index contributed by atoms with van der Waals surface area (Å²) in [6, 6.07) is 0. The SMILES string of the molecule is CC(C)OC(=O)C(C)SCCCC(C)(F)F. The highest BCUT2D eigenvalue weighted by Crippen LogP contribution is 2.22. The average Bonchev–Trinajstić information content (AvgIpc) is 2.09. The quantitative estimate of drug-likeness (QED) is 0.514. The maximum Gasteiger partial charge on any atom is 0.319 e. The van der Waals surface area contributed by atoms with Crippen LogP contribution >= 0.6 is 11.8 Å². The van der Waals surface area contributed by atoms with Gasteiger partial charge in [0.1, 0.15) is 0 Å². The van der Waals surface area contributed by atoms with Crippen LogP contribution in [0.2, 0.25) is 0 Å². The molecule has 0 aliphatic carbocycles. The zero-order valence-electron chi connectivity index (χ0n) is 10.3. The van der Waals surface area contributed by atoms with Gasteiger partial charge in [0.25, 0.3) is 0 Å². The van der Waals surface area contributed by atoms with Gasteiger partial charge in [0, 0.05) is 6.42 Å². The van der Waals surface area contributed by atoms with Crippen LogP contribution in [0.25, 0.3) is 0 Å². The molecule has 0 rings (SSSR count). The summed E-state index contributed by atoms with van der Waals surface area (Å²) in [5, 5.41) is -0.284. The molecule has 0 heterocycles. The second-order valence-corrected chi connectivity index (χ2v) is 5.62. The average molecular weight is 254 g/mol.